The summed E-state index contributed by atoms with van der Waals surface area (Å²) in [4.78, 5) is 24.4. The normalized spacial score (nSPS) is 21.2. The fraction of sp³-hybridized carbons (Fsp3) is 0.529. The van der Waals surface area contributed by atoms with Gasteiger partial charge in [0.05, 0.1) is 25.4 Å². The van der Waals surface area contributed by atoms with Crippen molar-refractivity contribution in [3.8, 4) is 23.0 Å². The summed E-state index contributed by atoms with van der Waals surface area (Å²) in [5.41, 5.74) is 7.25. The largest absolute Gasteiger partial charge is 0.507 e. The van der Waals surface area contributed by atoms with Crippen LogP contribution >= 0.6 is 0 Å². The van der Waals surface area contributed by atoms with E-state index in [0.717, 1.165) is 81.0 Å². The van der Waals surface area contributed by atoms with Crippen molar-refractivity contribution in [3.05, 3.63) is 56.7 Å². The van der Waals surface area contributed by atoms with Gasteiger partial charge >= 0.3 is 11.9 Å². The van der Waals surface area contributed by atoms with Crippen molar-refractivity contribution in [1.82, 2.24) is 0 Å². The maximum Gasteiger partial charge on any atom is 0.331 e. The molecular formula is C34H44O8. The fourth-order valence-corrected chi connectivity index (χ4v) is 6.10. The Morgan fingerprint density at radius 1 is 0.667 bits per heavy atom. The average molecular weight is 581 g/mol. The van der Waals surface area contributed by atoms with Crippen LogP contribution in [0.4, 0.5) is 0 Å². The predicted octanol–water partition coefficient (Wildman–Crippen LogP) is 5.95. The monoisotopic (exact) mass is 580 g/mol. The third-order valence-electron chi connectivity index (χ3n) is 9.37. The Kier molecular flexibility index (Phi) is 9.43. The van der Waals surface area contributed by atoms with Crippen molar-refractivity contribution < 1.29 is 38.7 Å². The lowest BCUT2D eigenvalue weighted by Crippen LogP contribution is -2.32. The fourth-order valence-electron chi connectivity index (χ4n) is 6.10. The summed E-state index contributed by atoms with van der Waals surface area (Å²) in [7, 11) is 0. The van der Waals surface area contributed by atoms with E-state index in [1.807, 2.05) is 55.4 Å². The Bertz CT molecular complexity index is 1300. The quantitative estimate of drug-likeness (QED) is 0.291. The van der Waals surface area contributed by atoms with Crippen molar-refractivity contribution in [3.63, 3.8) is 0 Å². The molecule has 0 fully saturated rings. The van der Waals surface area contributed by atoms with E-state index in [1.54, 1.807) is 0 Å². The molecule has 0 aromatic heterocycles. The first kappa shape index (κ1) is 31.3. The molecule has 0 bridgehead atoms. The van der Waals surface area contributed by atoms with Crippen LogP contribution in [-0.4, -0.2) is 47.6 Å². The second-order valence-corrected chi connectivity index (χ2v) is 11.9. The van der Waals surface area contributed by atoms with Crippen LogP contribution in [0.3, 0.4) is 0 Å². The molecule has 0 saturated carbocycles. The zero-order valence-corrected chi connectivity index (χ0v) is 26.1. The highest BCUT2D eigenvalue weighted by atomic mass is 16.5. The minimum absolute atomic E-state index is 0.0581. The van der Waals surface area contributed by atoms with Gasteiger partial charge in [0, 0.05) is 35.1 Å². The van der Waals surface area contributed by atoms with E-state index in [9.17, 15) is 19.8 Å². The van der Waals surface area contributed by atoms with Gasteiger partial charge in [-0.25, -0.2) is 9.59 Å². The summed E-state index contributed by atoms with van der Waals surface area (Å²) < 4.78 is 23.1. The summed E-state index contributed by atoms with van der Waals surface area (Å²) in [5.74, 6) is 1.34. The molecule has 8 nitrogen and oxygen atoms in total. The highest BCUT2D eigenvalue weighted by molar-refractivity contribution is 5.91. The highest BCUT2D eigenvalue weighted by Crippen LogP contribution is 2.44. The molecule has 2 aliphatic heterocycles. The van der Waals surface area contributed by atoms with Crippen LogP contribution in [0, 0.1) is 53.4 Å². The molecule has 42 heavy (non-hydrogen) atoms. The molecule has 0 aliphatic carbocycles. The van der Waals surface area contributed by atoms with Crippen LogP contribution in [0.15, 0.2) is 12.2 Å². The number of benzene rings is 2. The maximum atomic E-state index is 12.2. The Labute approximate surface area is 248 Å². The lowest BCUT2D eigenvalue weighted by atomic mass is 9.84. The number of hydrogen-bond acceptors (Lipinski definition) is 8. The first-order chi connectivity index (χ1) is 19.8. The van der Waals surface area contributed by atoms with Gasteiger partial charge in [0.2, 0.25) is 0 Å². The molecule has 4 unspecified atom stereocenters. The minimum atomic E-state index is -0.608. The molecule has 8 heteroatoms. The van der Waals surface area contributed by atoms with Crippen molar-refractivity contribution in [2.75, 3.05) is 13.2 Å². The number of ether oxygens (including phenoxy) is 4. The van der Waals surface area contributed by atoms with Gasteiger partial charge in [0.15, 0.2) is 0 Å². The summed E-state index contributed by atoms with van der Waals surface area (Å²) >= 11 is 0. The number of phenols is 2. The number of fused-ring (bicyclic) bond motifs is 2. The SMILES string of the molecule is Cc1c(C)c2c(c(C)c1O)CC(CCOC(=O)/C=C\C(=O)OCCC1Cc3c(C)c(O)c(C)c(C)c3OC1C)C(C)O2. The average Bonchev–Trinajstić information content (AvgIpc) is 2.96. The predicted molar refractivity (Wildman–Crippen MR) is 159 cm³/mol. The molecule has 4 atom stereocenters. The van der Waals surface area contributed by atoms with E-state index in [2.05, 4.69) is 0 Å². The Morgan fingerprint density at radius 2 is 1.02 bits per heavy atom. The van der Waals surface area contributed by atoms with Crippen molar-refractivity contribution >= 4 is 11.9 Å². The van der Waals surface area contributed by atoms with Crippen LogP contribution in [-0.2, 0) is 31.9 Å². The number of esters is 2. The van der Waals surface area contributed by atoms with Gasteiger partial charge in [-0.2, -0.15) is 0 Å². The summed E-state index contributed by atoms with van der Waals surface area (Å²) in [6.07, 6.45) is 4.71. The molecule has 0 spiro atoms. The summed E-state index contributed by atoms with van der Waals surface area (Å²) in [5, 5.41) is 20.9. The van der Waals surface area contributed by atoms with Gasteiger partial charge in [-0.3, -0.25) is 0 Å². The number of rotatable bonds is 8. The molecule has 2 heterocycles. The van der Waals surface area contributed by atoms with E-state index in [-0.39, 0.29) is 37.3 Å². The Balaban J connectivity index is 1.21. The van der Waals surface area contributed by atoms with E-state index < -0.39 is 11.9 Å². The molecule has 2 aromatic carbocycles. The van der Waals surface area contributed by atoms with Gasteiger partial charge in [0.1, 0.15) is 23.0 Å². The summed E-state index contributed by atoms with van der Waals surface area (Å²) in [6, 6.07) is 0. The number of hydrogen-bond donors (Lipinski definition) is 2. The highest BCUT2D eigenvalue weighted by Gasteiger charge is 2.32. The minimum Gasteiger partial charge on any atom is -0.507 e. The van der Waals surface area contributed by atoms with Crippen LogP contribution in [0.2, 0.25) is 0 Å². The number of phenolic OH excluding ortho intramolecular Hbond substituents is 2. The van der Waals surface area contributed by atoms with Gasteiger partial charge in [0.25, 0.3) is 0 Å². The third kappa shape index (κ3) is 6.22. The Morgan fingerprint density at radius 3 is 1.38 bits per heavy atom. The summed E-state index contributed by atoms with van der Waals surface area (Å²) in [6.45, 7) is 15.9. The molecular weight excluding hydrogens is 536 g/mol. The van der Waals surface area contributed by atoms with E-state index >= 15 is 0 Å². The van der Waals surface area contributed by atoms with E-state index in [1.165, 1.54) is 0 Å². The molecule has 0 saturated heterocycles. The van der Waals surface area contributed by atoms with Gasteiger partial charge < -0.3 is 29.2 Å². The molecule has 2 aromatic rings. The molecule has 2 aliphatic rings. The van der Waals surface area contributed by atoms with E-state index in [4.69, 9.17) is 18.9 Å². The molecule has 0 amide bonds. The lowest BCUT2D eigenvalue weighted by Gasteiger charge is -2.34. The first-order valence-corrected chi connectivity index (χ1v) is 14.8. The van der Waals surface area contributed by atoms with Gasteiger partial charge in [-0.15, -0.1) is 0 Å². The van der Waals surface area contributed by atoms with Crippen LogP contribution in [0.5, 0.6) is 23.0 Å². The van der Waals surface area contributed by atoms with Crippen LogP contribution in [0.25, 0.3) is 0 Å². The molecule has 2 N–H and O–H groups in total. The van der Waals surface area contributed by atoms with Crippen LogP contribution in [0.1, 0.15) is 71.2 Å². The van der Waals surface area contributed by atoms with Crippen molar-refractivity contribution in [2.24, 2.45) is 11.8 Å². The standard InChI is InChI=1S/C34H44O8/c1-17-19(3)33-27(21(5)31(17)37)15-25(23(7)41-33)11-13-39-29(35)9-10-30(36)40-14-12-26-16-28-22(6)32(38)18(2)20(4)34(28)42-24(26)8/h9-10,23-26,37-38H,11-16H2,1-8H3/b10-9-. The second kappa shape index (κ2) is 12.7. The zero-order chi connectivity index (χ0) is 30.9. The second-order valence-electron chi connectivity index (χ2n) is 11.9. The topological polar surface area (TPSA) is 112 Å². The van der Waals surface area contributed by atoms with Crippen LogP contribution < -0.4 is 9.47 Å². The first-order valence-electron chi connectivity index (χ1n) is 14.8. The van der Waals surface area contributed by atoms with Gasteiger partial charge in [-0.1, -0.05) is 0 Å². The molecule has 4 rings (SSSR count). The maximum absolute atomic E-state index is 12.2. The number of carbonyl (C=O) groups is 2. The third-order valence-corrected chi connectivity index (χ3v) is 9.37. The number of carbonyl (C=O) groups excluding carboxylic acids is 2. The van der Waals surface area contributed by atoms with Gasteiger partial charge in [-0.05, 0) is 114 Å². The lowest BCUT2D eigenvalue weighted by molar-refractivity contribution is -0.141. The van der Waals surface area contributed by atoms with Crippen molar-refractivity contribution in [2.45, 2.75) is 93.3 Å². The molecule has 0 radical (unpaired) electrons. The Hall–Kier alpha value is -3.68. The van der Waals surface area contributed by atoms with E-state index in [0.29, 0.717) is 24.3 Å². The molecule has 228 valence electrons. The zero-order valence-electron chi connectivity index (χ0n) is 26.1. The van der Waals surface area contributed by atoms with Crippen molar-refractivity contribution in [1.29, 1.82) is 0 Å². The number of aromatic hydroxyl groups is 2. The smallest absolute Gasteiger partial charge is 0.331 e.